The number of fused-ring (bicyclic) bond motifs is 1. The summed E-state index contributed by atoms with van der Waals surface area (Å²) in [4.78, 5) is 12.7. The third-order valence-electron chi connectivity index (χ3n) is 3.12. The molecular formula is C14H12ClFN4O. The summed E-state index contributed by atoms with van der Waals surface area (Å²) >= 11 is 5.95. The minimum atomic E-state index is -0.281. The first kappa shape index (κ1) is 13.8. The third-order valence-corrected chi connectivity index (χ3v) is 3.36. The largest absolute Gasteiger partial charge is 0.479 e. The molecule has 0 saturated carbocycles. The van der Waals surface area contributed by atoms with Crippen molar-refractivity contribution in [1.29, 1.82) is 0 Å². The number of ether oxygens (including phenoxy) is 1. The van der Waals surface area contributed by atoms with Gasteiger partial charge in [-0.2, -0.15) is 4.98 Å². The summed E-state index contributed by atoms with van der Waals surface area (Å²) in [7, 11) is 1.52. The Morgan fingerprint density at radius 2 is 2.19 bits per heavy atom. The zero-order valence-corrected chi connectivity index (χ0v) is 12.0. The molecule has 2 heterocycles. The molecule has 5 nitrogen and oxygen atoms in total. The Labute approximate surface area is 125 Å². The molecule has 21 heavy (non-hydrogen) atoms. The second-order valence-corrected chi connectivity index (χ2v) is 4.70. The van der Waals surface area contributed by atoms with E-state index in [1.165, 1.54) is 25.6 Å². The number of aromatic nitrogens is 4. The van der Waals surface area contributed by atoms with Crippen molar-refractivity contribution in [2.24, 2.45) is 0 Å². The Morgan fingerprint density at radius 1 is 1.33 bits per heavy atom. The standard InChI is InChI=1S/C14H12ClFN4O/c1-21-14-12-13(17-8-18-14)20(11(6-15)19-12)7-9-3-2-4-10(16)5-9/h2-5,8H,6-7H2,1H3. The first-order chi connectivity index (χ1) is 10.2. The molecule has 7 heteroatoms. The monoisotopic (exact) mass is 306 g/mol. The first-order valence-electron chi connectivity index (χ1n) is 6.27. The number of rotatable bonds is 4. The molecule has 0 fully saturated rings. The van der Waals surface area contributed by atoms with E-state index in [1.807, 2.05) is 10.6 Å². The van der Waals surface area contributed by atoms with Crippen LogP contribution in [0, 0.1) is 5.82 Å². The van der Waals surface area contributed by atoms with Gasteiger partial charge in [0, 0.05) is 0 Å². The van der Waals surface area contributed by atoms with Crippen LogP contribution in [0.1, 0.15) is 11.4 Å². The lowest BCUT2D eigenvalue weighted by atomic mass is 10.2. The van der Waals surface area contributed by atoms with Crippen molar-refractivity contribution in [1.82, 2.24) is 19.5 Å². The quantitative estimate of drug-likeness (QED) is 0.696. The van der Waals surface area contributed by atoms with Gasteiger partial charge < -0.3 is 9.30 Å². The van der Waals surface area contributed by atoms with E-state index in [2.05, 4.69) is 15.0 Å². The summed E-state index contributed by atoms with van der Waals surface area (Å²) in [5.74, 6) is 0.963. The zero-order chi connectivity index (χ0) is 14.8. The van der Waals surface area contributed by atoms with Crippen LogP contribution in [0.4, 0.5) is 4.39 Å². The van der Waals surface area contributed by atoms with Crippen molar-refractivity contribution >= 4 is 22.8 Å². The lowest BCUT2D eigenvalue weighted by Gasteiger charge is -2.07. The fraction of sp³-hybridized carbons (Fsp3) is 0.214. The Kier molecular flexibility index (Phi) is 3.70. The number of hydrogen-bond donors (Lipinski definition) is 0. The average molecular weight is 307 g/mol. The van der Waals surface area contributed by atoms with Crippen LogP contribution in [0.3, 0.4) is 0 Å². The summed E-state index contributed by atoms with van der Waals surface area (Å²) < 4.78 is 20.3. The lowest BCUT2D eigenvalue weighted by Crippen LogP contribution is -2.05. The normalized spacial score (nSPS) is 11.0. The molecule has 1 aromatic carbocycles. The molecule has 0 radical (unpaired) electrons. The number of methoxy groups -OCH3 is 1. The molecule has 3 rings (SSSR count). The van der Waals surface area contributed by atoms with Gasteiger partial charge in [0.05, 0.1) is 19.5 Å². The molecule has 0 bridgehead atoms. The van der Waals surface area contributed by atoms with E-state index in [4.69, 9.17) is 16.3 Å². The minimum Gasteiger partial charge on any atom is -0.479 e. The van der Waals surface area contributed by atoms with E-state index in [9.17, 15) is 4.39 Å². The van der Waals surface area contributed by atoms with E-state index in [0.29, 0.717) is 29.4 Å². The Balaban J connectivity index is 2.12. The van der Waals surface area contributed by atoms with Crippen LogP contribution in [0.25, 0.3) is 11.2 Å². The molecule has 0 aliphatic heterocycles. The van der Waals surface area contributed by atoms with Crippen molar-refractivity contribution in [2.45, 2.75) is 12.4 Å². The summed E-state index contributed by atoms with van der Waals surface area (Å²) in [5.41, 5.74) is 1.96. The van der Waals surface area contributed by atoms with Crippen molar-refractivity contribution in [3.05, 3.63) is 47.8 Å². The molecular weight excluding hydrogens is 295 g/mol. The van der Waals surface area contributed by atoms with Crippen LogP contribution in [-0.4, -0.2) is 26.6 Å². The molecule has 3 aromatic rings. The molecule has 0 atom stereocenters. The number of benzene rings is 1. The van der Waals surface area contributed by atoms with Gasteiger partial charge in [-0.3, -0.25) is 0 Å². The third kappa shape index (κ3) is 2.54. The summed E-state index contributed by atoms with van der Waals surface area (Å²) in [6.07, 6.45) is 1.41. The summed E-state index contributed by atoms with van der Waals surface area (Å²) in [5, 5.41) is 0. The van der Waals surface area contributed by atoms with Gasteiger partial charge in [-0.1, -0.05) is 12.1 Å². The molecule has 2 aromatic heterocycles. The molecule has 0 N–H and O–H groups in total. The van der Waals surface area contributed by atoms with Crippen molar-refractivity contribution in [3.63, 3.8) is 0 Å². The van der Waals surface area contributed by atoms with E-state index in [1.54, 1.807) is 6.07 Å². The van der Waals surface area contributed by atoms with Crippen LogP contribution in [0.5, 0.6) is 5.88 Å². The zero-order valence-electron chi connectivity index (χ0n) is 11.3. The Bertz CT molecular complexity index is 790. The van der Waals surface area contributed by atoms with Crippen molar-refractivity contribution < 1.29 is 9.13 Å². The van der Waals surface area contributed by atoms with Crippen LogP contribution < -0.4 is 4.74 Å². The Morgan fingerprint density at radius 3 is 2.90 bits per heavy atom. The topological polar surface area (TPSA) is 52.8 Å². The maximum Gasteiger partial charge on any atom is 0.245 e. The predicted molar refractivity (Wildman–Crippen MR) is 76.9 cm³/mol. The highest BCUT2D eigenvalue weighted by Crippen LogP contribution is 2.23. The molecule has 0 saturated heterocycles. The highest BCUT2D eigenvalue weighted by molar-refractivity contribution is 6.16. The van der Waals surface area contributed by atoms with Gasteiger partial charge >= 0.3 is 0 Å². The maximum atomic E-state index is 13.3. The highest BCUT2D eigenvalue weighted by atomic mass is 35.5. The molecule has 0 aliphatic rings. The van der Waals surface area contributed by atoms with E-state index < -0.39 is 0 Å². The van der Waals surface area contributed by atoms with Gasteiger partial charge in [-0.05, 0) is 17.7 Å². The molecule has 108 valence electrons. The minimum absolute atomic E-state index is 0.217. The second kappa shape index (κ2) is 5.65. The highest BCUT2D eigenvalue weighted by Gasteiger charge is 2.16. The number of nitrogens with zero attached hydrogens (tertiary/aromatic N) is 4. The average Bonchev–Trinajstić information content (AvgIpc) is 2.85. The molecule has 0 aliphatic carbocycles. The number of halogens is 2. The van der Waals surface area contributed by atoms with Crippen LogP contribution >= 0.6 is 11.6 Å². The smallest absolute Gasteiger partial charge is 0.245 e. The van der Waals surface area contributed by atoms with Gasteiger partial charge in [-0.25, -0.2) is 14.4 Å². The van der Waals surface area contributed by atoms with Crippen LogP contribution in [0.2, 0.25) is 0 Å². The van der Waals surface area contributed by atoms with E-state index in [-0.39, 0.29) is 11.7 Å². The fourth-order valence-electron chi connectivity index (χ4n) is 2.20. The maximum absolute atomic E-state index is 13.3. The SMILES string of the molecule is COc1ncnc2c1nc(CCl)n2Cc1cccc(F)c1. The van der Waals surface area contributed by atoms with Crippen LogP contribution in [0.15, 0.2) is 30.6 Å². The van der Waals surface area contributed by atoms with Gasteiger partial charge in [0.2, 0.25) is 5.88 Å². The van der Waals surface area contributed by atoms with Crippen molar-refractivity contribution in [2.75, 3.05) is 7.11 Å². The van der Waals surface area contributed by atoms with Gasteiger partial charge in [0.25, 0.3) is 0 Å². The molecule has 0 spiro atoms. The van der Waals surface area contributed by atoms with Gasteiger partial charge in [0.1, 0.15) is 18.0 Å². The fourth-order valence-corrected chi connectivity index (χ4v) is 2.40. The first-order valence-corrected chi connectivity index (χ1v) is 6.81. The van der Waals surface area contributed by atoms with Gasteiger partial charge in [0.15, 0.2) is 11.2 Å². The number of hydrogen-bond acceptors (Lipinski definition) is 4. The van der Waals surface area contributed by atoms with E-state index in [0.717, 1.165) is 5.56 Å². The lowest BCUT2D eigenvalue weighted by molar-refractivity contribution is 0.401. The summed E-state index contributed by atoms with van der Waals surface area (Å²) in [6, 6.07) is 6.39. The van der Waals surface area contributed by atoms with E-state index >= 15 is 0 Å². The van der Waals surface area contributed by atoms with Crippen molar-refractivity contribution in [3.8, 4) is 5.88 Å². The number of alkyl halides is 1. The predicted octanol–water partition coefficient (Wildman–Crippen LogP) is 2.76. The number of imidazole rings is 1. The molecule has 0 amide bonds. The van der Waals surface area contributed by atoms with Crippen LogP contribution in [-0.2, 0) is 12.4 Å². The summed E-state index contributed by atoms with van der Waals surface area (Å²) in [6.45, 7) is 0.427. The Hall–Kier alpha value is -2.21. The molecule has 0 unspecified atom stereocenters. The second-order valence-electron chi connectivity index (χ2n) is 4.43. The van der Waals surface area contributed by atoms with Gasteiger partial charge in [-0.15, -0.1) is 11.6 Å².